The van der Waals surface area contributed by atoms with Gasteiger partial charge in [-0.1, -0.05) is 93.8 Å². The highest BCUT2D eigenvalue weighted by molar-refractivity contribution is 6.80. The van der Waals surface area contributed by atoms with Gasteiger partial charge in [0.1, 0.15) is 0 Å². The molecule has 2 nitrogen and oxygen atoms in total. The van der Waals surface area contributed by atoms with Crippen molar-refractivity contribution >= 4 is 8.07 Å². The Labute approximate surface area is 192 Å². The fourth-order valence-electron chi connectivity index (χ4n) is 5.48. The van der Waals surface area contributed by atoms with Gasteiger partial charge in [-0.05, 0) is 61.2 Å². The third-order valence-electron chi connectivity index (χ3n) is 7.32. The SMILES string of the molecule is CC[Si](CC)(CCCOCC(CCC(C)CC(C)(C)C)C(C)CC(C)(C)C)C(C)O. The minimum absolute atomic E-state index is 0.101. The Hall–Kier alpha value is 0.137. The van der Waals surface area contributed by atoms with Crippen molar-refractivity contribution < 1.29 is 9.84 Å². The van der Waals surface area contributed by atoms with E-state index in [2.05, 4.69) is 69.2 Å². The lowest BCUT2D eigenvalue weighted by atomic mass is 9.76. The molecule has 0 aliphatic rings. The van der Waals surface area contributed by atoms with Gasteiger partial charge in [-0.15, -0.1) is 0 Å². The molecule has 0 aliphatic carbocycles. The Kier molecular flexibility index (Phi) is 13.7. The summed E-state index contributed by atoms with van der Waals surface area (Å²) in [6.45, 7) is 27.3. The molecule has 0 rings (SSSR count). The number of ether oxygens (including phenoxy) is 1. The van der Waals surface area contributed by atoms with Crippen LogP contribution in [0.25, 0.3) is 0 Å². The normalized spacial score (nSPS) is 17.6. The predicted molar refractivity (Wildman–Crippen MR) is 138 cm³/mol. The molecule has 0 aromatic rings. The summed E-state index contributed by atoms with van der Waals surface area (Å²) >= 11 is 0. The second kappa shape index (κ2) is 13.6. The first-order valence-corrected chi connectivity index (χ1v) is 15.6. The molecule has 1 N–H and O–H groups in total. The molecule has 0 aromatic heterocycles. The standard InChI is InChI=1S/C27H58O2Si/c1-12-30(13-2,24(5)28)18-14-17-29-21-25(23(4)20-27(9,10)11)16-15-22(3)19-26(6,7)8/h22-25,28H,12-21H2,1-11H3. The van der Waals surface area contributed by atoms with Gasteiger partial charge >= 0.3 is 0 Å². The number of hydrogen-bond donors (Lipinski definition) is 1. The van der Waals surface area contributed by atoms with Crippen LogP contribution in [0, 0.1) is 28.6 Å². The molecule has 0 saturated heterocycles. The van der Waals surface area contributed by atoms with Crippen LogP contribution in [0.2, 0.25) is 18.1 Å². The van der Waals surface area contributed by atoms with Crippen molar-refractivity contribution in [3.8, 4) is 0 Å². The van der Waals surface area contributed by atoms with Crippen LogP contribution in [0.15, 0.2) is 0 Å². The minimum atomic E-state index is -1.53. The highest BCUT2D eigenvalue weighted by Gasteiger charge is 2.33. The van der Waals surface area contributed by atoms with Gasteiger partial charge in [-0.25, -0.2) is 0 Å². The Morgan fingerprint density at radius 1 is 0.833 bits per heavy atom. The van der Waals surface area contributed by atoms with Gasteiger partial charge < -0.3 is 9.84 Å². The molecule has 30 heavy (non-hydrogen) atoms. The van der Waals surface area contributed by atoms with Crippen LogP contribution >= 0.6 is 0 Å². The molecule has 0 bridgehead atoms. The van der Waals surface area contributed by atoms with E-state index in [9.17, 15) is 5.11 Å². The first-order chi connectivity index (χ1) is 13.7. The van der Waals surface area contributed by atoms with E-state index >= 15 is 0 Å². The molecule has 0 aromatic carbocycles. The first-order valence-electron chi connectivity index (χ1n) is 12.9. The maximum atomic E-state index is 10.3. The van der Waals surface area contributed by atoms with Crippen molar-refractivity contribution in [1.82, 2.24) is 0 Å². The molecule has 0 saturated carbocycles. The Bertz CT molecular complexity index is 429. The third-order valence-corrected chi connectivity index (χ3v) is 13.3. The van der Waals surface area contributed by atoms with E-state index in [-0.39, 0.29) is 5.73 Å². The number of rotatable bonds is 15. The maximum Gasteiger partial charge on any atom is 0.0864 e. The molecule has 3 heteroatoms. The number of hydrogen-bond acceptors (Lipinski definition) is 2. The summed E-state index contributed by atoms with van der Waals surface area (Å²) in [5.74, 6) is 2.13. The van der Waals surface area contributed by atoms with Crippen LogP contribution in [-0.2, 0) is 4.74 Å². The second-order valence-electron chi connectivity index (χ2n) is 12.9. The lowest BCUT2D eigenvalue weighted by Gasteiger charge is -2.33. The molecule has 0 heterocycles. The van der Waals surface area contributed by atoms with Gasteiger partial charge in [0.25, 0.3) is 0 Å². The van der Waals surface area contributed by atoms with E-state index in [0.717, 1.165) is 25.6 Å². The molecule has 0 radical (unpaired) electrons. The Balaban J connectivity index is 4.70. The van der Waals surface area contributed by atoms with Crippen molar-refractivity contribution in [3.63, 3.8) is 0 Å². The van der Waals surface area contributed by atoms with Gasteiger partial charge in [-0.3, -0.25) is 0 Å². The summed E-state index contributed by atoms with van der Waals surface area (Å²) < 4.78 is 6.27. The average molecular weight is 443 g/mol. The monoisotopic (exact) mass is 442 g/mol. The van der Waals surface area contributed by atoms with Crippen molar-refractivity contribution in [2.75, 3.05) is 13.2 Å². The molecule has 4 atom stereocenters. The number of aliphatic hydroxyl groups excluding tert-OH is 1. The molecule has 0 aliphatic heterocycles. The molecule has 0 fully saturated rings. The largest absolute Gasteiger partial charge is 0.397 e. The van der Waals surface area contributed by atoms with E-state index in [1.807, 2.05) is 6.92 Å². The number of aliphatic hydroxyl groups is 1. The zero-order valence-electron chi connectivity index (χ0n) is 22.7. The van der Waals surface area contributed by atoms with Gasteiger partial charge in [0.2, 0.25) is 0 Å². The van der Waals surface area contributed by atoms with Gasteiger partial charge in [0, 0.05) is 18.9 Å². The van der Waals surface area contributed by atoms with E-state index < -0.39 is 8.07 Å². The maximum absolute atomic E-state index is 10.3. The smallest absolute Gasteiger partial charge is 0.0864 e. The molecule has 0 amide bonds. The molecular weight excluding hydrogens is 384 g/mol. The van der Waals surface area contributed by atoms with Crippen molar-refractivity contribution in [3.05, 3.63) is 0 Å². The predicted octanol–water partition coefficient (Wildman–Crippen LogP) is 8.34. The van der Waals surface area contributed by atoms with Crippen LogP contribution in [0.5, 0.6) is 0 Å². The Morgan fingerprint density at radius 3 is 1.80 bits per heavy atom. The van der Waals surface area contributed by atoms with E-state index in [0.29, 0.717) is 22.7 Å². The van der Waals surface area contributed by atoms with Crippen molar-refractivity contribution in [1.29, 1.82) is 0 Å². The first kappa shape index (κ1) is 30.1. The lowest BCUT2D eigenvalue weighted by Crippen LogP contribution is -2.44. The summed E-state index contributed by atoms with van der Waals surface area (Å²) in [4.78, 5) is 0. The summed E-state index contributed by atoms with van der Waals surface area (Å²) in [5, 5.41) is 10.3. The Morgan fingerprint density at radius 2 is 1.37 bits per heavy atom. The minimum Gasteiger partial charge on any atom is -0.397 e. The van der Waals surface area contributed by atoms with Crippen molar-refractivity contribution in [2.24, 2.45) is 28.6 Å². The van der Waals surface area contributed by atoms with Crippen LogP contribution in [-0.4, -0.2) is 32.1 Å². The molecule has 182 valence electrons. The molecular formula is C27H58O2Si. The summed E-state index contributed by atoms with van der Waals surface area (Å²) in [7, 11) is -1.53. The van der Waals surface area contributed by atoms with Gasteiger partial charge in [0.15, 0.2) is 0 Å². The molecule has 0 spiro atoms. The fraction of sp³-hybridized carbons (Fsp3) is 1.00. The lowest BCUT2D eigenvalue weighted by molar-refractivity contribution is 0.0627. The van der Waals surface area contributed by atoms with Crippen LogP contribution in [0.3, 0.4) is 0 Å². The molecule has 4 unspecified atom stereocenters. The van der Waals surface area contributed by atoms with Crippen LogP contribution in [0.1, 0.15) is 108 Å². The van der Waals surface area contributed by atoms with E-state index in [4.69, 9.17) is 4.74 Å². The summed E-state index contributed by atoms with van der Waals surface area (Å²) in [6.07, 6.45) is 6.26. The quantitative estimate of drug-likeness (QED) is 0.204. The summed E-state index contributed by atoms with van der Waals surface area (Å²) in [5.41, 5.74) is 0.692. The fourth-order valence-corrected chi connectivity index (χ4v) is 9.13. The van der Waals surface area contributed by atoms with E-state index in [1.54, 1.807) is 0 Å². The average Bonchev–Trinajstić information content (AvgIpc) is 2.57. The topological polar surface area (TPSA) is 29.5 Å². The third kappa shape index (κ3) is 12.9. The van der Waals surface area contributed by atoms with E-state index in [1.165, 1.54) is 43.8 Å². The highest BCUT2D eigenvalue weighted by Crippen LogP contribution is 2.34. The zero-order valence-corrected chi connectivity index (χ0v) is 23.7. The second-order valence-corrected chi connectivity index (χ2v) is 18.3. The summed E-state index contributed by atoms with van der Waals surface area (Å²) in [6, 6.07) is 3.55. The zero-order chi connectivity index (χ0) is 23.6. The van der Waals surface area contributed by atoms with Crippen LogP contribution in [0.4, 0.5) is 0 Å². The highest BCUT2D eigenvalue weighted by atomic mass is 28.3. The van der Waals surface area contributed by atoms with Gasteiger partial charge in [-0.2, -0.15) is 0 Å². The van der Waals surface area contributed by atoms with Crippen LogP contribution < -0.4 is 0 Å². The van der Waals surface area contributed by atoms with Gasteiger partial charge in [0.05, 0.1) is 8.07 Å². The van der Waals surface area contributed by atoms with Crippen molar-refractivity contribution in [2.45, 2.75) is 132 Å².